The standard InChI is InChI=1S/C21H20ClFN2O2/c1-24(14-17-18(22)4-2-5-19(17)23)20(26)12-9-15-7-10-16(11-8-15)25-13-3-6-21(25)27/h2,4-5,7-12H,3,6,13-14H2,1H3. The molecule has 6 heteroatoms. The Bertz CT molecular complexity index is 860. The molecule has 0 aromatic heterocycles. The van der Waals surface area contributed by atoms with Crippen LogP contribution in [-0.2, 0) is 16.1 Å². The summed E-state index contributed by atoms with van der Waals surface area (Å²) in [6.45, 7) is 0.834. The highest BCUT2D eigenvalue weighted by Gasteiger charge is 2.21. The maximum atomic E-state index is 13.9. The topological polar surface area (TPSA) is 40.6 Å². The molecule has 0 radical (unpaired) electrons. The minimum absolute atomic E-state index is 0.0880. The van der Waals surface area contributed by atoms with Gasteiger partial charge in [-0.1, -0.05) is 29.8 Å². The molecular formula is C21H20ClFN2O2. The molecule has 0 bridgehead atoms. The molecule has 0 N–H and O–H groups in total. The van der Waals surface area contributed by atoms with Crippen LogP contribution in [0.2, 0.25) is 5.02 Å². The van der Waals surface area contributed by atoms with Gasteiger partial charge in [0.25, 0.3) is 0 Å². The molecule has 140 valence electrons. The summed E-state index contributed by atoms with van der Waals surface area (Å²) in [6.07, 6.45) is 4.60. The van der Waals surface area contributed by atoms with Crippen LogP contribution in [0.1, 0.15) is 24.0 Å². The van der Waals surface area contributed by atoms with Crippen molar-refractivity contribution in [2.24, 2.45) is 0 Å². The number of hydrogen-bond acceptors (Lipinski definition) is 2. The highest BCUT2D eigenvalue weighted by atomic mass is 35.5. The Balaban J connectivity index is 1.63. The van der Waals surface area contributed by atoms with Crippen LogP contribution in [0, 0.1) is 5.82 Å². The van der Waals surface area contributed by atoms with Crippen molar-refractivity contribution in [2.45, 2.75) is 19.4 Å². The van der Waals surface area contributed by atoms with E-state index in [9.17, 15) is 14.0 Å². The highest BCUT2D eigenvalue weighted by Crippen LogP contribution is 2.22. The monoisotopic (exact) mass is 386 g/mol. The molecule has 1 saturated heterocycles. The quantitative estimate of drug-likeness (QED) is 0.720. The molecule has 0 aliphatic carbocycles. The Morgan fingerprint density at radius 3 is 2.63 bits per heavy atom. The number of hydrogen-bond donors (Lipinski definition) is 0. The zero-order chi connectivity index (χ0) is 19.4. The summed E-state index contributed by atoms with van der Waals surface area (Å²) >= 11 is 6.01. The number of carbonyl (C=O) groups excluding carboxylic acids is 2. The van der Waals surface area contributed by atoms with Gasteiger partial charge in [0.15, 0.2) is 0 Å². The molecule has 4 nitrogen and oxygen atoms in total. The van der Waals surface area contributed by atoms with Crippen molar-refractivity contribution in [3.63, 3.8) is 0 Å². The van der Waals surface area contributed by atoms with Crippen molar-refractivity contribution in [3.05, 3.63) is 70.5 Å². The molecule has 2 amide bonds. The Labute approximate surface area is 162 Å². The van der Waals surface area contributed by atoms with Crippen LogP contribution in [0.5, 0.6) is 0 Å². The van der Waals surface area contributed by atoms with Crippen molar-refractivity contribution in [2.75, 3.05) is 18.5 Å². The zero-order valence-electron chi connectivity index (χ0n) is 15.0. The van der Waals surface area contributed by atoms with Crippen LogP contribution in [-0.4, -0.2) is 30.3 Å². The van der Waals surface area contributed by atoms with E-state index in [2.05, 4.69) is 0 Å². The molecule has 3 rings (SSSR count). The second kappa shape index (κ2) is 8.35. The number of anilines is 1. The van der Waals surface area contributed by atoms with Crippen LogP contribution >= 0.6 is 11.6 Å². The van der Waals surface area contributed by atoms with Gasteiger partial charge in [0.1, 0.15) is 5.82 Å². The predicted octanol–water partition coefficient (Wildman–Crippen LogP) is 4.28. The van der Waals surface area contributed by atoms with Crippen LogP contribution in [0.4, 0.5) is 10.1 Å². The van der Waals surface area contributed by atoms with Gasteiger partial charge in [-0.3, -0.25) is 9.59 Å². The van der Waals surface area contributed by atoms with Crippen molar-refractivity contribution in [3.8, 4) is 0 Å². The molecule has 1 heterocycles. The Morgan fingerprint density at radius 1 is 1.26 bits per heavy atom. The van der Waals surface area contributed by atoms with E-state index in [0.29, 0.717) is 17.0 Å². The normalized spacial score (nSPS) is 14.2. The molecule has 2 aromatic rings. The number of rotatable bonds is 5. The first kappa shape index (κ1) is 19.1. The van der Waals surface area contributed by atoms with E-state index in [0.717, 1.165) is 24.2 Å². The van der Waals surface area contributed by atoms with Gasteiger partial charge in [-0.05, 0) is 42.3 Å². The van der Waals surface area contributed by atoms with Crippen LogP contribution in [0.25, 0.3) is 6.08 Å². The lowest BCUT2D eigenvalue weighted by atomic mass is 10.1. The van der Waals surface area contributed by atoms with E-state index >= 15 is 0 Å². The lowest BCUT2D eigenvalue weighted by Gasteiger charge is -2.17. The first-order chi connectivity index (χ1) is 13.0. The van der Waals surface area contributed by atoms with Crippen LogP contribution in [0.15, 0.2) is 48.5 Å². The maximum absolute atomic E-state index is 13.9. The van der Waals surface area contributed by atoms with E-state index < -0.39 is 5.82 Å². The molecular weight excluding hydrogens is 367 g/mol. The molecule has 0 spiro atoms. The second-order valence-corrected chi connectivity index (χ2v) is 6.88. The fourth-order valence-corrected chi connectivity index (χ4v) is 3.20. The Hall–Kier alpha value is -2.66. The summed E-state index contributed by atoms with van der Waals surface area (Å²) in [4.78, 5) is 27.2. The minimum atomic E-state index is -0.432. The van der Waals surface area contributed by atoms with Crippen molar-refractivity contribution < 1.29 is 14.0 Å². The molecule has 0 saturated carbocycles. The van der Waals surface area contributed by atoms with Gasteiger partial charge in [-0.15, -0.1) is 0 Å². The average molecular weight is 387 g/mol. The van der Waals surface area contributed by atoms with Gasteiger partial charge in [0.05, 0.1) is 0 Å². The van der Waals surface area contributed by atoms with Crippen molar-refractivity contribution in [1.29, 1.82) is 0 Å². The largest absolute Gasteiger partial charge is 0.338 e. The first-order valence-corrected chi connectivity index (χ1v) is 9.10. The molecule has 1 fully saturated rings. The van der Waals surface area contributed by atoms with Crippen LogP contribution in [0.3, 0.4) is 0 Å². The average Bonchev–Trinajstić information content (AvgIpc) is 3.09. The SMILES string of the molecule is CN(Cc1c(F)cccc1Cl)C(=O)C=Cc1ccc(N2CCCC2=O)cc1. The van der Waals surface area contributed by atoms with E-state index in [-0.39, 0.29) is 18.4 Å². The van der Waals surface area contributed by atoms with Gasteiger partial charge >= 0.3 is 0 Å². The summed E-state index contributed by atoms with van der Waals surface area (Å²) in [6, 6.07) is 11.9. The number of halogens is 2. The lowest BCUT2D eigenvalue weighted by molar-refractivity contribution is -0.125. The van der Waals surface area contributed by atoms with E-state index in [1.807, 2.05) is 24.3 Å². The first-order valence-electron chi connectivity index (χ1n) is 8.72. The molecule has 1 aliphatic rings. The fourth-order valence-electron chi connectivity index (χ4n) is 2.98. The number of nitrogens with zero attached hydrogens (tertiary/aromatic N) is 2. The molecule has 1 aliphatic heterocycles. The van der Waals surface area contributed by atoms with E-state index in [1.54, 1.807) is 24.1 Å². The maximum Gasteiger partial charge on any atom is 0.246 e. The zero-order valence-corrected chi connectivity index (χ0v) is 15.7. The number of carbonyl (C=O) groups is 2. The number of likely N-dealkylation sites (N-methyl/N-ethyl adjacent to an activating group) is 1. The fraction of sp³-hybridized carbons (Fsp3) is 0.238. The van der Waals surface area contributed by atoms with E-state index in [4.69, 9.17) is 11.6 Å². The van der Waals surface area contributed by atoms with Gasteiger partial charge in [-0.2, -0.15) is 0 Å². The van der Waals surface area contributed by atoms with Gasteiger partial charge in [-0.25, -0.2) is 4.39 Å². The Kier molecular flexibility index (Phi) is 5.91. The highest BCUT2D eigenvalue weighted by molar-refractivity contribution is 6.31. The third-order valence-electron chi connectivity index (χ3n) is 4.53. The van der Waals surface area contributed by atoms with Gasteiger partial charge < -0.3 is 9.80 Å². The molecule has 0 atom stereocenters. The van der Waals surface area contributed by atoms with E-state index in [1.165, 1.54) is 23.1 Å². The number of amides is 2. The molecule has 27 heavy (non-hydrogen) atoms. The summed E-state index contributed by atoms with van der Waals surface area (Å²) < 4.78 is 13.9. The smallest absolute Gasteiger partial charge is 0.246 e. The summed E-state index contributed by atoms with van der Waals surface area (Å²) in [5.41, 5.74) is 2.01. The molecule has 2 aromatic carbocycles. The molecule has 0 unspecified atom stereocenters. The van der Waals surface area contributed by atoms with Crippen molar-refractivity contribution in [1.82, 2.24) is 4.90 Å². The van der Waals surface area contributed by atoms with Crippen LogP contribution < -0.4 is 4.90 Å². The Morgan fingerprint density at radius 2 is 2.00 bits per heavy atom. The minimum Gasteiger partial charge on any atom is -0.338 e. The summed E-state index contributed by atoms with van der Waals surface area (Å²) in [5.74, 6) is -0.548. The van der Waals surface area contributed by atoms with Crippen molar-refractivity contribution >= 4 is 35.2 Å². The van der Waals surface area contributed by atoms with Gasteiger partial charge in [0, 0.05) is 48.9 Å². The third-order valence-corrected chi connectivity index (χ3v) is 4.88. The second-order valence-electron chi connectivity index (χ2n) is 6.47. The third kappa shape index (κ3) is 4.55. The predicted molar refractivity (Wildman–Crippen MR) is 105 cm³/mol. The van der Waals surface area contributed by atoms with Gasteiger partial charge in [0.2, 0.25) is 11.8 Å². The summed E-state index contributed by atoms with van der Waals surface area (Å²) in [7, 11) is 1.59. The summed E-state index contributed by atoms with van der Waals surface area (Å²) in [5, 5.41) is 0.297. The number of benzene rings is 2. The lowest BCUT2D eigenvalue weighted by Crippen LogP contribution is -2.24.